The highest BCUT2D eigenvalue weighted by Gasteiger charge is 2.25. The summed E-state index contributed by atoms with van der Waals surface area (Å²) in [4.78, 5) is 12.5. The highest BCUT2D eigenvalue weighted by Crippen LogP contribution is 2.37. The van der Waals surface area contributed by atoms with E-state index < -0.39 is 39.7 Å². The second-order valence-electron chi connectivity index (χ2n) is 5.58. The van der Waals surface area contributed by atoms with Crippen LogP contribution in [0.25, 0.3) is 22.3 Å². The lowest BCUT2D eigenvalue weighted by Crippen LogP contribution is -2.16. The maximum absolute atomic E-state index is 14.7. The molecule has 0 amide bonds. The van der Waals surface area contributed by atoms with Crippen molar-refractivity contribution < 1.29 is 13.2 Å². The number of nitrogens with one attached hydrogen (secondary N) is 1. The summed E-state index contributed by atoms with van der Waals surface area (Å²) in [6.45, 7) is 1.13. The van der Waals surface area contributed by atoms with E-state index in [9.17, 15) is 18.0 Å². The van der Waals surface area contributed by atoms with Gasteiger partial charge in [-0.15, -0.1) is 6.42 Å². The van der Waals surface area contributed by atoms with Crippen molar-refractivity contribution in [1.29, 1.82) is 0 Å². The Morgan fingerprint density at radius 2 is 1.74 bits per heavy atom. The van der Waals surface area contributed by atoms with E-state index in [0.717, 1.165) is 6.92 Å². The number of nitrogens with zero attached hydrogens (tertiary/aromatic N) is 1. The second kappa shape index (κ2) is 7.10. The van der Waals surface area contributed by atoms with E-state index in [1.54, 1.807) is 0 Å². The first-order chi connectivity index (χ1) is 12.8. The number of terminal acetylenes is 1. The molecule has 0 atom stereocenters. The van der Waals surface area contributed by atoms with Gasteiger partial charge in [0.2, 0.25) is 0 Å². The molecule has 0 aliphatic carbocycles. The van der Waals surface area contributed by atoms with Gasteiger partial charge in [-0.1, -0.05) is 29.3 Å². The average molecular weight is 409 g/mol. The van der Waals surface area contributed by atoms with E-state index in [-0.39, 0.29) is 26.9 Å². The Morgan fingerprint density at radius 1 is 1.04 bits per heavy atom. The van der Waals surface area contributed by atoms with Crippen LogP contribution in [-0.4, -0.2) is 10.2 Å². The van der Waals surface area contributed by atoms with Crippen LogP contribution in [0.15, 0.2) is 29.1 Å². The number of aromatic nitrogens is 2. The zero-order valence-electron chi connectivity index (χ0n) is 13.6. The van der Waals surface area contributed by atoms with Crippen molar-refractivity contribution in [3.05, 3.63) is 73.4 Å². The van der Waals surface area contributed by atoms with Gasteiger partial charge in [-0.25, -0.2) is 18.3 Å². The molecule has 0 radical (unpaired) electrons. The highest BCUT2D eigenvalue weighted by atomic mass is 35.5. The predicted molar refractivity (Wildman–Crippen MR) is 98.3 cm³/mol. The monoisotopic (exact) mass is 408 g/mol. The second-order valence-corrected chi connectivity index (χ2v) is 6.39. The molecule has 0 bridgehead atoms. The van der Waals surface area contributed by atoms with E-state index in [1.165, 1.54) is 18.2 Å². The summed E-state index contributed by atoms with van der Waals surface area (Å²) in [6, 6.07) is 4.80. The standard InChI is InChI=1S/C19H9Cl2F3N2O/c1-3-14-15(9-4-5-10(20)11(21)6-9)17(19(27)26-25-14)16-13(23)7-12(22)8(2)18(16)24/h1,4-7H,2H3,(H,26,27). The van der Waals surface area contributed by atoms with Crippen LogP contribution in [-0.2, 0) is 0 Å². The van der Waals surface area contributed by atoms with Gasteiger partial charge in [0.15, 0.2) is 0 Å². The molecule has 136 valence electrons. The van der Waals surface area contributed by atoms with E-state index in [2.05, 4.69) is 16.1 Å². The van der Waals surface area contributed by atoms with Crippen LogP contribution in [0.1, 0.15) is 11.3 Å². The molecule has 3 rings (SSSR count). The lowest BCUT2D eigenvalue weighted by Gasteiger charge is -2.14. The quantitative estimate of drug-likeness (QED) is 0.598. The SMILES string of the molecule is C#Cc1n[nH]c(=O)c(-c2c(F)cc(F)c(C)c2F)c1-c1ccc(Cl)c(Cl)c1. The van der Waals surface area contributed by atoms with E-state index in [1.807, 2.05) is 0 Å². The summed E-state index contributed by atoms with van der Waals surface area (Å²) in [5.74, 6) is -1.29. The van der Waals surface area contributed by atoms with Crippen molar-refractivity contribution in [1.82, 2.24) is 10.2 Å². The number of benzene rings is 2. The fraction of sp³-hybridized carbons (Fsp3) is 0.0526. The third kappa shape index (κ3) is 3.20. The van der Waals surface area contributed by atoms with Crippen LogP contribution in [0.3, 0.4) is 0 Å². The number of H-pyrrole nitrogens is 1. The Kier molecular flexibility index (Phi) is 5.01. The van der Waals surface area contributed by atoms with Gasteiger partial charge >= 0.3 is 0 Å². The summed E-state index contributed by atoms with van der Waals surface area (Å²) in [6.07, 6.45) is 5.44. The highest BCUT2D eigenvalue weighted by molar-refractivity contribution is 6.42. The first-order valence-corrected chi connectivity index (χ1v) is 8.21. The van der Waals surface area contributed by atoms with E-state index in [0.29, 0.717) is 6.07 Å². The average Bonchev–Trinajstić information content (AvgIpc) is 2.63. The van der Waals surface area contributed by atoms with Crippen LogP contribution < -0.4 is 5.56 Å². The third-order valence-corrected chi connectivity index (χ3v) is 4.72. The molecular formula is C19H9Cl2F3N2O. The minimum Gasteiger partial charge on any atom is -0.267 e. The number of halogens is 5. The van der Waals surface area contributed by atoms with Crippen LogP contribution in [0, 0.1) is 36.7 Å². The molecule has 0 fully saturated rings. The van der Waals surface area contributed by atoms with Crippen LogP contribution in [0.2, 0.25) is 10.0 Å². The molecule has 3 nitrogen and oxygen atoms in total. The fourth-order valence-corrected chi connectivity index (χ4v) is 2.94. The first-order valence-electron chi connectivity index (χ1n) is 7.45. The Morgan fingerprint density at radius 3 is 2.37 bits per heavy atom. The molecule has 8 heteroatoms. The normalized spacial score (nSPS) is 10.7. The lowest BCUT2D eigenvalue weighted by molar-refractivity contribution is 0.536. The van der Waals surface area contributed by atoms with Crippen LogP contribution >= 0.6 is 23.2 Å². The molecule has 27 heavy (non-hydrogen) atoms. The van der Waals surface area contributed by atoms with Gasteiger partial charge in [0.1, 0.15) is 23.1 Å². The van der Waals surface area contributed by atoms with Crippen molar-refractivity contribution in [3.63, 3.8) is 0 Å². The molecule has 3 aromatic rings. The molecule has 0 aliphatic rings. The van der Waals surface area contributed by atoms with Gasteiger partial charge in [-0.2, -0.15) is 5.10 Å². The van der Waals surface area contributed by atoms with E-state index >= 15 is 0 Å². The van der Waals surface area contributed by atoms with Gasteiger partial charge in [-0.3, -0.25) is 4.79 Å². The van der Waals surface area contributed by atoms with Crippen molar-refractivity contribution >= 4 is 23.2 Å². The predicted octanol–water partition coefficient (Wildman–Crippen LogP) is 5.12. The van der Waals surface area contributed by atoms with Crippen molar-refractivity contribution in [2.75, 3.05) is 0 Å². The Hall–Kier alpha value is -2.75. The minimum atomic E-state index is -1.25. The topological polar surface area (TPSA) is 45.8 Å². The summed E-state index contributed by atoms with van der Waals surface area (Å²) >= 11 is 11.9. The van der Waals surface area contributed by atoms with Gasteiger partial charge in [0, 0.05) is 17.2 Å². The van der Waals surface area contributed by atoms with E-state index in [4.69, 9.17) is 29.6 Å². The van der Waals surface area contributed by atoms with Gasteiger partial charge in [-0.05, 0) is 30.5 Å². The molecule has 0 spiro atoms. The van der Waals surface area contributed by atoms with Crippen molar-refractivity contribution in [2.24, 2.45) is 0 Å². The van der Waals surface area contributed by atoms with Gasteiger partial charge in [0.05, 0.1) is 21.2 Å². The van der Waals surface area contributed by atoms with Gasteiger partial charge < -0.3 is 0 Å². The third-order valence-electron chi connectivity index (χ3n) is 3.98. The molecular weight excluding hydrogens is 400 g/mol. The summed E-state index contributed by atoms with van der Waals surface area (Å²) in [7, 11) is 0. The summed E-state index contributed by atoms with van der Waals surface area (Å²) in [5, 5.41) is 6.22. The summed E-state index contributed by atoms with van der Waals surface area (Å²) < 4.78 is 42.9. The number of hydrogen-bond acceptors (Lipinski definition) is 2. The lowest BCUT2D eigenvalue weighted by atomic mass is 9.93. The fourth-order valence-electron chi connectivity index (χ4n) is 2.64. The Balaban J connectivity index is 2.49. The molecule has 0 saturated carbocycles. The van der Waals surface area contributed by atoms with Crippen LogP contribution in [0.5, 0.6) is 0 Å². The minimum absolute atomic E-state index is 0.0244. The molecule has 0 aliphatic heterocycles. The molecule has 1 N–H and O–H groups in total. The number of aromatic amines is 1. The first kappa shape index (κ1) is 19.0. The van der Waals surface area contributed by atoms with Crippen molar-refractivity contribution in [2.45, 2.75) is 6.92 Å². The van der Waals surface area contributed by atoms with Crippen LogP contribution in [0.4, 0.5) is 13.2 Å². The molecule has 2 aromatic carbocycles. The maximum Gasteiger partial charge on any atom is 0.272 e. The molecule has 0 unspecified atom stereocenters. The molecule has 1 aromatic heterocycles. The molecule has 0 saturated heterocycles. The number of rotatable bonds is 2. The zero-order chi connectivity index (χ0) is 19.9. The van der Waals surface area contributed by atoms with Crippen molar-refractivity contribution in [3.8, 4) is 34.6 Å². The number of hydrogen-bond donors (Lipinski definition) is 1. The molecule has 1 heterocycles. The zero-order valence-corrected chi connectivity index (χ0v) is 15.1. The Bertz CT molecular complexity index is 1180. The maximum atomic E-state index is 14.7. The smallest absolute Gasteiger partial charge is 0.267 e. The van der Waals surface area contributed by atoms with Gasteiger partial charge in [0.25, 0.3) is 5.56 Å². The summed E-state index contributed by atoms with van der Waals surface area (Å²) in [5.41, 5.74) is -2.31. The Labute approximate surface area is 161 Å². The largest absolute Gasteiger partial charge is 0.272 e.